The first-order valence-electron chi connectivity index (χ1n) is 7.58. The SMILES string of the molecule is CCN1CCC(n2c(=O)[nH]c3c(C)cccc3c2=O)CC1. The number of hydrogen-bond donors (Lipinski definition) is 1. The predicted molar refractivity (Wildman–Crippen MR) is 84.0 cm³/mol. The lowest BCUT2D eigenvalue weighted by molar-refractivity contribution is 0.190. The van der Waals surface area contributed by atoms with Crippen LogP contribution >= 0.6 is 0 Å². The highest BCUT2D eigenvalue weighted by Gasteiger charge is 2.23. The van der Waals surface area contributed by atoms with Gasteiger partial charge in [-0.2, -0.15) is 0 Å². The minimum atomic E-state index is -0.281. The van der Waals surface area contributed by atoms with Gasteiger partial charge >= 0.3 is 5.69 Å². The lowest BCUT2D eigenvalue weighted by Gasteiger charge is -2.31. The number of para-hydroxylation sites is 1. The standard InChI is InChI=1S/C16H21N3O2/c1-3-18-9-7-12(8-10-18)19-15(20)13-6-4-5-11(2)14(13)17-16(19)21/h4-6,12H,3,7-10H2,1-2H3,(H,17,21). The topological polar surface area (TPSA) is 58.1 Å². The molecule has 0 amide bonds. The summed E-state index contributed by atoms with van der Waals surface area (Å²) < 4.78 is 1.43. The summed E-state index contributed by atoms with van der Waals surface area (Å²) >= 11 is 0. The maximum absolute atomic E-state index is 12.7. The highest BCUT2D eigenvalue weighted by Crippen LogP contribution is 2.20. The number of likely N-dealkylation sites (tertiary alicyclic amines) is 1. The van der Waals surface area contributed by atoms with Crippen molar-refractivity contribution in [1.82, 2.24) is 14.5 Å². The van der Waals surface area contributed by atoms with E-state index in [1.54, 1.807) is 6.07 Å². The molecule has 112 valence electrons. The zero-order valence-corrected chi connectivity index (χ0v) is 12.6. The molecular formula is C16H21N3O2. The second kappa shape index (κ2) is 5.48. The molecule has 1 aromatic heterocycles. The van der Waals surface area contributed by atoms with Gasteiger partial charge in [0, 0.05) is 19.1 Å². The molecule has 1 aliphatic heterocycles. The third-order valence-electron chi connectivity index (χ3n) is 4.54. The Morgan fingerprint density at radius 1 is 1.24 bits per heavy atom. The third-order valence-corrected chi connectivity index (χ3v) is 4.54. The molecule has 1 N–H and O–H groups in total. The van der Waals surface area contributed by atoms with Gasteiger partial charge in [0.1, 0.15) is 0 Å². The molecule has 2 heterocycles. The lowest BCUT2D eigenvalue weighted by Crippen LogP contribution is -2.43. The van der Waals surface area contributed by atoms with E-state index in [1.807, 2.05) is 19.1 Å². The molecule has 0 aliphatic carbocycles. The number of H-pyrrole nitrogens is 1. The average Bonchev–Trinajstić information content (AvgIpc) is 2.49. The van der Waals surface area contributed by atoms with Crippen LogP contribution in [0, 0.1) is 6.92 Å². The van der Waals surface area contributed by atoms with Gasteiger partial charge < -0.3 is 9.88 Å². The van der Waals surface area contributed by atoms with Gasteiger partial charge in [0.05, 0.1) is 10.9 Å². The van der Waals surface area contributed by atoms with E-state index in [9.17, 15) is 9.59 Å². The van der Waals surface area contributed by atoms with Crippen LogP contribution in [0.4, 0.5) is 0 Å². The Labute approximate surface area is 123 Å². The van der Waals surface area contributed by atoms with Crippen LogP contribution in [0.25, 0.3) is 10.9 Å². The smallest absolute Gasteiger partial charge is 0.306 e. The first-order valence-corrected chi connectivity index (χ1v) is 7.58. The minimum Gasteiger partial charge on any atom is -0.306 e. The fourth-order valence-electron chi connectivity index (χ4n) is 3.23. The summed E-state index contributed by atoms with van der Waals surface area (Å²) in [5, 5.41) is 0.604. The summed E-state index contributed by atoms with van der Waals surface area (Å²) in [6.45, 7) is 6.95. The summed E-state index contributed by atoms with van der Waals surface area (Å²) in [4.78, 5) is 30.3. The molecule has 0 atom stereocenters. The van der Waals surface area contributed by atoms with Gasteiger partial charge in [-0.15, -0.1) is 0 Å². The highest BCUT2D eigenvalue weighted by molar-refractivity contribution is 5.80. The van der Waals surface area contributed by atoms with Gasteiger partial charge in [0.15, 0.2) is 0 Å². The molecule has 0 unspecified atom stereocenters. The number of benzene rings is 1. The number of nitrogens with zero attached hydrogens (tertiary/aromatic N) is 2. The van der Waals surface area contributed by atoms with Crippen LogP contribution in [-0.2, 0) is 0 Å². The number of piperidine rings is 1. The fraction of sp³-hybridized carbons (Fsp3) is 0.500. The Hall–Kier alpha value is -1.88. The van der Waals surface area contributed by atoms with Crippen molar-refractivity contribution in [3.63, 3.8) is 0 Å². The van der Waals surface area contributed by atoms with Crippen LogP contribution in [0.3, 0.4) is 0 Å². The zero-order chi connectivity index (χ0) is 15.0. The highest BCUT2D eigenvalue weighted by atomic mass is 16.2. The van der Waals surface area contributed by atoms with Crippen LogP contribution in [0.1, 0.15) is 31.4 Å². The van der Waals surface area contributed by atoms with E-state index in [2.05, 4.69) is 16.8 Å². The van der Waals surface area contributed by atoms with E-state index in [1.165, 1.54) is 4.57 Å². The fourth-order valence-corrected chi connectivity index (χ4v) is 3.23. The molecule has 0 bridgehead atoms. The van der Waals surface area contributed by atoms with Crippen LogP contribution in [0.2, 0.25) is 0 Å². The second-order valence-corrected chi connectivity index (χ2v) is 5.77. The minimum absolute atomic E-state index is 0.00830. The Bertz CT molecular complexity index is 767. The van der Waals surface area contributed by atoms with E-state index in [0.717, 1.165) is 38.0 Å². The van der Waals surface area contributed by atoms with Gasteiger partial charge in [-0.25, -0.2) is 4.79 Å². The van der Waals surface area contributed by atoms with Crippen molar-refractivity contribution >= 4 is 10.9 Å². The zero-order valence-electron chi connectivity index (χ0n) is 12.6. The number of aromatic nitrogens is 2. The maximum atomic E-state index is 12.7. The second-order valence-electron chi connectivity index (χ2n) is 5.77. The molecule has 3 rings (SSSR count). The number of fused-ring (bicyclic) bond motifs is 1. The Kier molecular flexibility index (Phi) is 3.68. The van der Waals surface area contributed by atoms with Gasteiger partial charge in [-0.3, -0.25) is 9.36 Å². The van der Waals surface area contributed by atoms with Gasteiger partial charge in [-0.1, -0.05) is 19.1 Å². The molecule has 0 spiro atoms. The van der Waals surface area contributed by atoms with E-state index >= 15 is 0 Å². The summed E-state index contributed by atoms with van der Waals surface area (Å²) in [5.41, 5.74) is 1.15. The molecule has 5 nitrogen and oxygen atoms in total. The molecule has 0 saturated carbocycles. The Morgan fingerprint density at radius 2 is 1.95 bits per heavy atom. The van der Waals surface area contributed by atoms with E-state index in [-0.39, 0.29) is 17.3 Å². The Morgan fingerprint density at radius 3 is 2.62 bits per heavy atom. The lowest BCUT2D eigenvalue weighted by atomic mass is 10.0. The summed E-state index contributed by atoms with van der Waals surface area (Å²) in [7, 11) is 0. The maximum Gasteiger partial charge on any atom is 0.329 e. The molecule has 1 fully saturated rings. The monoisotopic (exact) mass is 287 g/mol. The number of rotatable bonds is 2. The van der Waals surface area contributed by atoms with Crippen LogP contribution in [0.15, 0.2) is 27.8 Å². The first kappa shape index (κ1) is 14.1. The van der Waals surface area contributed by atoms with Gasteiger partial charge in [0.2, 0.25) is 0 Å². The predicted octanol–water partition coefficient (Wildman–Crippen LogP) is 1.66. The van der Waals surface area contributed by atoms with Crippen molar-refractivity contribution in [2.45, 2.75) is 32.7 Å². The quantitative estimate of drug-likeness (QED) is 0.914. The molecule has 5 heteroatoms. The average molecular weight is 287 g/mol. The molecule has 2 aromatic rings. The summed E-state index contributed by atoms with van der Waals surface area (Å²) in [6, 6.07) is 5.57. The normalized spacial score (nSPS) is 17.4. The van der Waals surface area contributed by atoms with Crippen LogP contribution in [-0.4, -0.2) is 34.1 Å². The van der Waals surface area contributed by atoms with Crippen LogP contribution < -0.4 is 11.2 Å². The largest absolute Gasteiger partial charge is 0.329 e. The molecule has 1 aliphatic rings. The van der Waals surface area contributed by atoms with Crippen molar-refractivity contribution in [1.29, 1.82) is 0 Å². The van der Waals surface area contributed by atoms with Gasteiger partial charge in [0.25, 0.3) is 5.56 Å². The Balaban J connectivity index is 2.08. The van der Waals surface area contributed by atoms with Gasteiger partial charge in [-0.05, 0) is 37.9 Å². The summed E-state index contributed by atoms with van der Waals surface area (Å²) in [5.74, 6) is 0. The molecule has 0 radical (unpaired) electrons. The third kappa shape index (κ3) is 2.42. The number of aromatic amines is 1. The van der Waals surface area contributed by atoms with Crippen molar-refractivity contribution in [3.8, 4) is 0 Å². The number of nitrogens with one attached hydrogen (secondary N) is 1. The molecule has 1 aromatic carbocycles. The van der Waals surface area contributed by atoms with Crippen LogP contribution in [0.5, 0.6) is 0 Å². The van der Waals surface area contributed by atoms with Crippen molar-refractivity contribution < 1.29 is 0 Å². The number of aryl methyl sites for hydroxylation is 1. The first-order chi connectivity index (χ1) is 10.1. The molecule has 1 saturated heterocycles. The van der Waals surface area contributed by atoms with Crippen molar-refractivity contribution in [3.05, 3.63) is 44.6 Å². The number of hydrogen-bond acceptors (Lipinski definition) is 3. The van der Waals surface area contributed by atoms with E-state index < -0.39 is 0 Å². The van der Waals surface area contributed by atoms with Crippen molar-refractivity contribution in [2.24, 2.45) is 0 Å². The van der Waals surface area contributed by atoms with E-state index in [0.29, 0.717) is 10.9 Å². The molecular weight excluding hydrogens is 266 g/mol. The van der Waals surface area contributed by atoms with E-state index in [4.69, 9.17) is 0 Å². The van der Waals surface area contributed by atoms with Crippen molar-refractivity contribution in [2.75, 3.05) is 19.6 Å². The molecule has 21 heavy (non-hydrogen) atoms. The summed E-state index contributed by atoms with van der Waals surface area (Å²) in [6.07, 6.45) is 1.71.